The van der Waals surface area contributed by atoms with Crippen LogP contribution in [0.15, 0.2) is 30.5 Å². The number of fused-ring (bicyclic) bond motifs is 1. The van der Waals surface area contributed by atoms with Crippen molar-refractivity contribution in [3.05, 3.63) is 36.0 Å². The second-order valence-corrected chi connectivity index (χ2v) is 3.54. The predicted octanol–water partition coefficient (Wildman–Crippen LogP) is 2.70. The van der Waals surface area contributed by atoms with Crippen molar-refractivity contribution in [1.82, 2.24) is 9.88 Å². The Morgan fingerprint density at radius 3 is 2.67 bits per heavy atom. The summed E-state index contributed by atoms with van der Waals surface area (Å²) in [6, 6.07) is 8.26. The Bertz CT molecular complexity index is 412. The molecule has 0 spiro atoms. The van der Waals surface area contributed by atoms with Crippen molar-refractivity contribution in [2.24, 2.45) is 0 Å². The Morgan fingerprint density at radius 1 is 1.33 bits per heavy atom. The van der Waals surface area contributed by atoms with E-state index in [1.165, 1.54) is 10.9 Å². The normalized spacial score (nSPS) is 10.3. The van der Waals surface area contributed by atoms with Gasteiger partial charge in [0.2, 0.25) is 0 Å². The van der Waals surface area contributed by atoms with Gasteiger partial charge >= 0.3 is 27.7 Å². The number of hydrogen-bond donors (Lipinski definition) is 0. The average Bonchev–Trinajstić information content (AvgIpc) is 2.64. The first kappa shape index (κ1) is 12.7. The minimum absolute atomic E-state index is 0.959. The van der Waals surface area contributed by atoms with Crippen LogP contribution in [0.2, 0.25) is 0 Å². The van der Waals surface area contributed by atoms with E-state index in [4.69, 9.17) is 0 Å². The van der Waals surface area contributed by atoms with E-state index in [9.17, 15) is 0 Å². The number of aromatic nitrogens is 1. The molecule has 1 aromatic carbocycles. The summed E-state index contributed by atoms with van der Waals surface area (Å²) in [5.41, 5.74) is 2.40. The fourth-order valence-corrected chi connectivity index (χ4v) is 1.54. The van der Waals surface area contributed by atoms with Crippen molar-refractivity contribution in [3.63, 3.8) is 0 Å². The summed E-state index contributed by atoms with van der Waals surface area (Å²) in [5.74, 6) is 0. The van der Waals surface area contributed by atoms with Crippen molar-refractivity contribution in [2.45, 2.75) is 6.54 Å². The number of nitrogens with zero attached hydrogens (tertiary/aromatic N) is 2. The molecular formula is C11H13ClN2Pd. The molecule has 4 heteroatoms. The molecular weight excluding hydrogens is 302 g/mol. The van der Waals surface area contributed by atoms with E-state index in [1.807, 2.05) is 12.3 Å². The molecule has 1 heterocycles. The quantitative estimate of drug-likeness (QED) is 0.626. The molecule has 0 N–H and O–H groups in total. The van der Waals surface area contributed by atoms with Gasteiger partial charge in [0.1, 0.15) is 0 Å². The Hall–Kier alpha value is -0.328. The van der Waals surface area contributed by atoms with Gasteiger partial charge < -0.3 is 9.88 Å². The first-order valence-electron chi connectivity index (χ1n) is 4.53. The van der Waals surface area contributed by atoms with Gasteiger partial charge in [0.15, 0.2) is 0 Å². The SMILES string of the molecule is CN(C)Cc1[cH-]nc2ccccc12.[Cl][Pd+]. The molecule has 15 heavy (non-hydrogen) atoms. The van der Waals surface area contributed by atoms with E-state index in [0.29, 0.717) is 0 Å². The summed E-state index contributed by atoms with van der Waals surface area (Å²) >= 11 is 2.22. The summed E-state index contributed by atoms with van der Waals surface area (Å²) in [7, 11) is 8.63. The maximum absolute atomic E-state index is 4.49. The monoisotopic (exact) mass is 314 g/mol. The third-order valence-corrected chi connectivity index (χ3v) is 2.10. The molecule has 0 saturated heterocycles. The van der Waals surface area contributed by atoms with Crippen molar-refractivity contribution >= 4 is 20.4 Å². The van der Waals surface area contributed by atoms with E-state index in [1.54, 1.807) is 0 Å². The van der Waals surface area contributed by atoms with Crippen LogP contribution in [-0.4, -0.2) is 24.0 Å². The number of halogens is 1. The van der Waals surface area contributed by atoms with Crippen LogP contribution in [0.1, 0.15) is 5.56 Å². The molecule has 2 rings (SSSR count). The zero-order valence-corrected chi connectivity index (χ0v) is 11.0. The van der Waals surface area contributed by atoms with Gasteiger partial charge in [-0.3, -0.25) is 0 Å². The van der Waals surface area contributed by atoms with Crippen LogP contribution in [0.3, 0.4) is 0 Å². The molecule has 0 bridgehead atoms. The molecule has 2 nitrogen and oxygen atoms in total. The van der Waals surface area contributed by atoms with Gasteiger partial charge in [0.05, 0.1) is 0 Å². The Labute approximate surface area is 105 Å². The molecule has 0 aliphatic carbocycles. The topological polar surface area (TPSA) is 16.1 Å². The second-order valence-electron chi connectivity index (χ2n) is 3.54. The Morgan fingerprint density at radius 2 is 2.00 bits per heavy atom. The Kier molecular flexibility index (Phi) is 5.35. The van der Waals surface area contributed by atoms with Crippen molar-refractivity contribution in [3.8, 4) is 0 Å². The van der Waals surface area contributed by atoms with Gasteiger partial charge in [-0.25, -0.2) is 0 Å². The van der Waals surface area contributed by atoms with Crippen LogP contribution in [0.25, 0.3) is 10.9 Å². The minimum atomic E-state index is 0.959. The number of hydrogen-bond acceptors (Lipinski definition) is 2. The molecule has 0 aliphatic rings. The standard InChI is InChI=1S/C11H13N2.ClH.Pd/c1-13(2)8-9-7-12-11-6-4-3-5-10(9)11;;/h3-7H,8H2,1-2H3;1H;/q-1;;+2/p-1. The molecule has 0 fully saturated rings. The van der Waals surface area contributed by atoms with E-state index >= 15 is 0 Å². The second kappa shape index (κ2) is 6.30. The van der Waals surface area contributed by atoms with Crippen LogP contribution in [-0.2, 0) is 24.7 Å². The molecule has 0 radical (unpaired) electrons. The maximum atomic E-state index is 4.49. The zero-order valence-electron chi connectivity index (χ0n) is 8.68. The van der Waals surface area contributed by atoms with E-state index < -0.39 is 0 Å². The molecule has 0 saturated carbocycles. The van der Waals surface area contributed by atoms with Gasteiger partial charge in [0.25, 0.3) is 0 Å². The van der Waals surface area contributed by atoms with Gasteiger partial charge in [-0.2, -0.15) is 0 Å². The Balaban J connectivity index is 0.000000531. The van der Waals surface area contributed by atoms with Crippen molar-refractivity contribution in [2.75, 3.05) is 14.1 Å². The number of para-hydroxylation sites is 1. The summed E-state index contributed by atoms with van der Waals surface area (Å²) < 4.78 is 0. The van der Waals surface area contributed by atoms with Gasteiger partial charge in [-0.1, -0.05) is 23.8 Å². The predicted molar refractivity (Wildman–Crippen MR) is 60.6 cm³/mol. The van der Waals surface area contributed by atoms with Crippen LogP contribution < -0.4 is 0 Å². The molecule has 0 unspecified atom stereocenters. The molecule has 0 amide bonds. The fraction of sp³-hybridized carbons (Fsp3) is 0.273. The van der Waals surface area contributed by atoms with Crippen LogP contribution >= 0.6 is 9.53 Å². The van der Waals surface area contributed by atoms with Crippen LogP contribution in [0, 0.1) is 0 Å². The molecule has 2 aromatic rings. The summed E-state index contributed by atoms with van der Waals surface area (Å²) in [5, 5.41) is 1.27. The van der Waals surface area contributed by atoms with Crippen LogP contribution in [0.4, 0.5) is 0 Å². The van der Waals surface area contributed by atoms with E-state index in [-0.39, 0.29) is 0 Å². The zero-order chi connectivity index (χ0) is 11.3. The average molecular weight is 315 g/mol. The van der Waals surface area contributed by atoms with Gasteiger partial charge in [-0.05, 0) is 14.1 Å². The van der Waals surface area contributed by atoms with Crippen molar-refractivity contribution in [1.29, 1.82) is 0 Å². The first-order chi connectivity index (χ1) is 7.27. The van der Waals surface area contributed by atoms with E-state index in [2.05, 4.69) is 69.9 Å². The first-order valence-corrected chi connectivity index (χ1v) is 6.53. The molecule has 1 aromatic heterocycles. The number of rotatable bonds is 2. The summed E-state index contributed by atoms with van der Waals surface area (Å²) in [6.45, 7) is 0.959. The third-order valence-electron chi connectivity index (χ3n) is 2.10. The molecule has 0 atom stereocenters. The molecule has 84 valence electrons. The van der Waals surface area contributed by atoms with Crippen LogP contribution in [0.5, 0.6) is 0 Å². The van der Waals surface area contributed by atoms with Crippen molar-refractivity contribution < 1.29 is 18.2 Å². The summed E-state index contributed by atoms with van der Waals surface area (Å²) in [6.07, 6.45) is 1.96. The third kappa shape index (κ3) is 3.32. The van der Waals surface area contributed by atoms with Gasteiger partial charge in [-0.15, -0.1) is 23.1 Å². The van der Waals surface area contributed by atoms with Gasteiger partial charge in [0, 0.05) is 6.54 Å². The number of benzene rings is 1. The van der Waals surface area contributed by atoms with E-state index in [0.717, 1.165) is 12.1 Å². The fourth-order valence-electron chi connectivity index (χ4n) is 1.54. The summed E-state index contributed by atoms with van der Waals surface area (Å²) in [4.78, 5) is 6.50. The molecule has 0 aliphatic heterocycles.